The first-order chi connectivity index (χ1) is 19.1. The number of hydrogen-bond acceptors (Lipinski definition) is 8. The van der Waals surface area contributed by atoms with Crippen LogP contribution in [0.25, 0.3) is 17.1 Å². The van der Waals surface area contributed by atoms with Gasteiger partial charge in [0.1, 0.15) is 5.75 Å². The van der Waals surface area contributed by atoms with Gasteiger partial charge in [-0.25, -0.2) is 5.43 Å². The minimum atomic E-state index is -0.313. The fourth-order valence-corrected chi connectivity index (χ4v) is 5.00. The summed E-state index contributed by atoms with van der Waals surface area (Å²) >= 11 is 4.52. The van der Waals surface area contributed by atoms with Gasteiger partial charge < -0.3 is 14.6 Å². The summed E-state index contributed by atoms with van der Waals surface area (Å²) in [6.45, 7) is 6.52. The number of nitrogens with zero attached hydrogens (tertiary/aromatic N) is 4. The number of amides is 1. The van der Waals surface area contributed by atoms with Gasteiger partial charge in [0, 0.05) is 11.3 Å². The van der Waals surface area contributed by atoms with Crippen LogP contribution < -0.4 is 14.9 Å². The molecule has 0 radical (unpaired) electrons. The highest BCUT2D eigenvalue weighted by Gasteiger charge is 2.19. The summed E-state index contributed by atoms with van der Waals surface area (Å²) in [5.74, 6) is 1.43. The Morgan fingerprint density at radius 3 is 2.40 bits per heavy atom. The molecule has 3 aromatic carbocycles. The van der Waals surface area contributed by atoms with Crippen LogP contribution in [-0.4, -0.2) is 52.0 Å². The van der Waals surface area contributed by atoms with Gasteiger partial charge in [-0.2, -0.15) is 5.10 Å². The molecule has 208 valence electrons. The number of carbonyl (C=O) groups excluding carboxylic acids is 1. The molecule has 11 heteroatoms. The van der Waals surface area contributed by atoms with Crippen molar-refractivity contribution < 1.29 is 19.4 Å². The number of methoxy groups -OCH3 is 2. The molecule has 1 amide bonds. The van der Waals surface area contributed by atoms with Crippen molar-refractivity contribution in [2.75, 3.05) is 20.0 Å². The standard InChI is InChI=1S/C29H30BrN5O4S/c1-29(2,3)20-8-6-19(7-9-20)27-33-34-28(35(27)21-10-12-22(38-4)13-11-21)40-17-25(36)32-31-16-18-14-23(30)26(37)24(15-18)39-5/h6-16,37H,17H2,1-5H3,(H,32,36)/b31-16-. The van der Waals surface area contributed by atoms with Crippen molar-refractivity contribution in [2.24, 2.45) is 5.10 Å². The van der Waals surface area contributed by atoms with E-state index >= 15 is 0 Å². The molecular formula is C29H30BrN5O4S. The van der Waals surface area contributed by atoms with E-state index in [4.69, 9.17) is 9.47 Å². The quantitative estimate of drug-likeness (QED) is 0.134. The molecule has 1 heterocycles. The van der Waals surface area contributed by atoms with Crippen LogP contribution in [0.1, 0.15) is 31.9 Å². The highest BCUT2D eigenvalue weighted by atomic mass is 79.9. The second-order valence-corrected chi connectivity index (χ2v) is 11.6. The Hall–Kier alpha value is -3.83. The van der Waals surface area contributed by atoms with Crippen molar-refractivity contribution in [1.82, 2.24) is 20.2 Å². The summed E-state index contributed by atoms with van der Waals surface area (Å²) in [5, 5.41) is 23.4. The first kappa shape index (κ1) is 29.2. The molecule has 0 fully saturated rings. The maximum atomic E-state index is 12.6. The lowest BCUT2D eigenvalue weighted by molar-refractivity contribution is -0.118. The molecule has 4 aromatic rings. The molecule has 2 N–H and O–H groups in total. The Bertz CT molecular complexity index is 1510. The molecule has 0 aliphatic rings. The summed E-state index contributed by atoms with van der Waals surface area (Å²) < 4.78 is 12.8. The van der Waals surface area contributed by atoms with Crippen LogP contribution >= 0.6 is 27.7 Å². The molecule has 0 saturated carbocycles. The Balaban J connectivity index is 1.53. The van der Waals surface area contributed by atoms with E-state index in [0.717, 1.165) is 17.0 Å². The predicted octanol–water partition coefficient (Wildman–Crippen LogP) is 5.96. The zero-order valence-electron chi connectivity index (χ0n) is 22.8. The summed E-state index contributed by atoms with van der Waals surface area (Å²) in [7, 11) is 3.08. The zero-order valence-corrected chi connectivity index (χ0v) is 25.2. The Kier molecular flexibility index (Phi) is 9.16. The van der Waals surface area contributed by atoms with E-state index in [1.807, 2.05) is 41.0 Å². The fourth-order valence-electron chi connectivity index (χ4n) is 3.80. The number of phenols is 1. The topological polar surface area (TPSA) is 111 Å². The number of hydrogen-bond donors (Lipinski definition) is 2. The van der Waals surface area contributed by atoms with Crippen LogP contribution in [0.5, 0.6) is 17.2 Å². The smallest absolute Gasteiger partial charge is 0.250 e. The van der Waals surface area contributed by atoms with Crippen molar-refractivity contribution in [3.8, 4) is 34.3 Å². The van der Waals surface area contributed by atoms with Gasteiger partial charge in [-0.3, -0.25) is 9.36 Å². The third kappa shape index (κ3) is 6.83. The van der Waals surface area contributed by atoms with E-state index in [2.05, 4.69) is 69.6 Å². The number of phenolic OH excluding ortho intramolecular Hbond substituents is 1. The lowest BCUT2D eigenvalue weighted by atomic mass is 9.87. The SMILES string of the molecule is COc1ccc(-n2c(SCC(=O)N/N=C\c3cc(Br)c(O)c(OC)c3)nnc2-c2ccc(C(C)(C)C)cc2)cc1. The van der Waals surface area contributed by atoms with Gasteiger partial charge in [0.05, 0.1) is 30.7 Å². The minimum absolute atomic E-state index is 0.00873. The molecule has 40 heavy (non-hydrogen) atoms. The molecule has 1 aromatic heterocycles. The number of rotatable bonds is 9. The van der Waals surface area contributed by atoms with Crippen LogP contribution in [0.3, 0.4) is 0 Å². The fraction of sp³-hybridized carbons (Fsp3) is 0.241. The van der Waals surface area contributed by atoms with Crippen LogP contribution in [0.4, 0.5) is 0 Å². The molecule has 0 saturated heterocycles. The molecule has 0 aliphatic carbocycles. The summed E-state index contributed by atoms with van der Waals surface area (Å²) in [4.78, 5) is 12.6. The van der Waals surface area contributed by atoms with Crippen molar-refractivity contribution in [1.29, 1.82) is 0 Å². The monoisotopic (exact) mass is 623 g/mol. The van der Waals surface area contributed by atoms with Crippen molar-refractivity contribution in [3.63, 3.8) is 0 Å². The van der Waals surface area contributed by atoms with E-state index in [0.29, 0.717) is 26.8 Å². The maximum absolute atomic E-state index is 12.6. The molecule has 0 aliphatic heterocycles. The largest absolute Gasteiger partial charge is 0.503 e. The zero-order chi connectivity index (χ0) is 28.9. The van der Waals surface area contributed by atoms with Gasteiger partial charge in [0.15, 0.2) is 22.5 Å². The molecule has 0 bridgehead atoms. The average molecular weight is 625 g/mol. The second kappa shape index (κ2) is 12.6. The summed E-state index contributed by atoms with van der Waals surface area (Å²) in [5.41, 5.74) is 6.16. The number of halogens is 1. The first-order valence-electron chi connectivity index (χ1n) is 12.3. The highest BCUT2D eigenvalue weighted by Crippen LogP contribution is 2.35. The van der Waals surface area contributed by atoms with Crippen molar-refractivity contribution in [2.45, 2.75) is 31.3 Å². The van der Waals surface area contributed by atoms with Crippen LogP contribution in [0.2, 0.25) is 0 Å². The minimum Gasteiger partial charge on any atom is -0.503 e. The lowest BCUT2D eigenvalue weighted by Crippen LogP contribution is -2.20. The highest BCUT2D eigenvalue weighted by molar-refractivity contribution is 9.10. The number of ether oxygens (including phenoxy) is 2. The van der Waals surface area contributed by atoms with E-state index < -0.39 is 0 Å². The summed E-state index contributed by atoms with van der Waals surface area (Å²) in [6, 6.07) is 19.1. The molecule has 4 rings (SSSR count). The van der Waals surface area contributed by atoms with Crippen LogP contribution in [0, 0.1) is 0 Å². The lowest BCUT2D eigenvalue weighted by Gasteiger charge is -2.19. The predicted molar refractivity (Wildman–Crippen MR) is 161 cm³/mol. The number of carbonyl (C=O) groups is 1. The average Bonchev–Trinajstić information content (AvgIpc) is 3.37. The second-order valence-electron chi connectivity index (χ2n) is 9.80. The van der Waals surface area contributed by atoms with Gasteiger partial charge in [-0.15, -0.1) is 10.2 Å². The number of thioether (sulfide) groups is 1. The number of aromatic hydroxyl groups is 1. The number of hydrazone groups is 1. The molecule has 0 spiro atoms. The maximum Gasteiger partial charge on any atom is 0.250 e. The van der Waals surface area contributed by atoms with Gasteiger partial charge in [-0.1, -0.05) is 56.8 Å². The van der Waals surface area contributed by atoms with Gasteiger partial charge >= 0.3 is 0 Å². The Labute approximate surface area is 245 Å². The normalized spacial score (nSPS) is 11.6. The summed E-state index contributed by atoms with van der Waals surface area (Å²) in [6.07, 6.45) is 1.47. The van der Waals surface area contributed by atoms with Crippen LogP contribution in [0.15, 0.2) is 75.4 Å². The first-order valence-corrected chi connectivity index (χ1v) is 14.1. The number of benzene rings is 3. The Morgan fingerprint density at radius 1 is 1.07 bits per heavy atom. The number of nitrogens with one attached hydrogen (secondary N) is 1. The molecule has 9 nitrogen and oxygen atoms in total. The third-order valence-corrected chi connectivity index (χ3v) is 7.51. The molecular weight excluding hydrogens is 594 g/mol. The van der Waals surface area contributed by atoms with E-state index in [1.54, 1.807) is 19.2 Å². The number of aromatic nitrogens is 3. The van der Waals surface area contributed by atoms with E-state index in [9.17, 15) is 9.90 Å². The molecule has 0 unspecified atom stereocenters. The van der Waals surface area contributed by atoms with E-state index in [-0.39, 0.29) is 22.8 Å². The Morgan fingerprint density at radius 2 is 1.77 bits per heavy atom. The van der Waals surface area contributed by atoms with Crippen LogP contribution in [-0.2, 0) is 10.2 Å². The third-order valence-electron chi connectivity index (χ3n) is 5.98. The molecule has 0 atom stereocenters. The van der Waals surface area contributed by atoms with E-state index in [1.165, 1.54) is 30.6 Å². The van der Waals surface area contributed by atoms with Crippen molar-refractivity contribution in [3.05, 3.63) is 76.3 Å². The van der Waals surface area contributed by atoms with Crippen molar-refractivity contribution >= 4 is 39.8 Å². The van der Waals surface area contributed by atoms with Gasteiger partial charge in [0.2, 0.25) is 0 Å². The van der Waals surface area contributed by atoms with Gasteiger partial charge in [-0.05, 0) is 68.9 Å². The van der Waals surface area contributed by atoms with Gasteiger partial charge in [0.25, 0.3) is 5.91 Å².